The van der Waals surface area contributed by atoms with Crippen molar-refractivity contribution in [1.29, 1.82) is 0 Å². The summed E-state index contributed by atoms with van der Waals surface area (Å²) in [7, 11) is 1.84. The molecule has 106 valence electrons. The van der Waals surface area contributed by atoms with Gasteiger partial charge in [-0.05, 0) is 55.8 Å². The van der Waals surface area contributed by atoms with Crippen LogP contribution in [0.5, 0.6) is 0 Å². The normalized spacial score (nSPS) is 12.4. The van der Waals surface area contributed by atoms with Crippen molar-refractivity contribution in [3.63, 3.8) is 0 Å². The van der Waals surface area contributed by atoms with Crippen molar-refractivity contribution in [2.24, 2.45) is 0 Å². The molecule has 0 heterocycles. The maximum Gasteiger partial charge on any atom is 0.127 e. The minimum atomic E-state index is -0.281. The summed E-state index contributed by atoms with van der Waals surface area (Å²) < 4.78 is 13.9. The molecule has 0 saturated heterocycles. The molecule has 0 radical (unpaired) electrons. The standard InChI is InChI=1S/C16H16Cl2FN/c1-10-6-11(8-12(17)7-10)16(20-2)9-13-14(18)4-3-5-15(13)19/h3-8,16,20H,9H2,1-2H3. The number of hydrogen-bond donors (Lipinski definition) is 1. The Bertz CT molecular complexity index is 573. The van der Waals surface area contributed by atoms with E-state index in [0.29, 0.717) is 22.0 Å². The van der Waals surface area contributed by atoms with E-state index in [1.165, 1.54) is 6.07 Å². The fourth-order valence-corrected chi connectivity index (χ4v) is 2.82. The lowest BCUT2D eigenvalue weighted by atomic mass is 9.97. The van der Waals surface area contributed by atoms with Crippen LogP contribution in [0.1, 0.15) is 22.7 Å². The van der Waals surface area contributed by atoms with Crippen molar-refractivity contribution in [3.8, 4) is 0 Å². The summed E-state index contributed by atoms with van der Waals surface area (Å²) in [6.45, 7) is 1.98. The van der Waals surface area contributed by atoms with Crippen LogP contribution in [0, 0.1) is 12.7 Å². The highest BCUT2D eigenvalue weighted by molar-refractivity contribution is 6.31. The Labute approximate surface area is 128 Å². The number of nitrogens with one attached hydrogen (secondary N) is 1. The van der Waals surface area contributed by atoms with Crippen LogP contribution in [0.3, 0.4) is 0 Å². The van der Waals surface area contributed by atoms with Gasteiger partial charge in [0, 0.05) is 21.7 Å². The van der Waals surface area contributed by atoms with Gasteiger partial charge >= 0.3 is 0 Å². The van der Waals surface area contributed by atoms with Gasteiger partial charge in [-0.1, -0.05) is 35.3 Å². The van der Waals surface area contributed by atoms with Crippen molar-refractivity contribution in [2.75, 3.05) is 7.05 Å². The van der Waals surface area contributed by atoms with E-state index in [2.05, 4.69) is 5.32 Å². The molecule has 0 saturated carbocycles. The first-order valence-corrected chi connectivity index (χ1v) is 7.14. The first kappa shape index (κ1) is 15.3. The number of halogens is 3. The Kier molecular flexibility index (Phi) is 5.03. The molecule has 2 aromatic rings. The third-order valence-corrected chi connectivity index (χ3v) is 3.86. The maximum absolute atomic E-state index is 13.9. The van der Waals surface area contributed by atoms with Crippen molar-refractivity contribution < 1.29 is 4.39 Å². The molecule has 0 aliphatic carbocycles. The van der Waals surface area contributed by atoms with E-state index in [1.54, 1.807) is 12.1 Å². The molecule has 1 N–H and O–H groups in total. The van der Waals surface area contributed by atoms with Gasteiger partial charge in [0.25, 0.3) is 0 Å². The zero-order valence-corrected chi connectivity index (χ0v) is 12.9. The first-order chi connectivity index (χ1) is 9.51. The predicted octanol–water partition coefficient (Wildman–Crippen LogP) is 4.94. The van der Waals surface area contributed by atoms with E-state index in [9.17, 15) is 4.39 Å². The average molecular weight is 312 g/mol. The zero-order valence-electron chi connectivity index (χ0n) is 11.4. The molecule has 0 aliphatic heterocycles. The van der Waals surface area contributed by atoms with E-state index in [1.807, 2.05) is 32.2 Å². The number of rotatable bonds is 4. The molecule has 1 nitrogen and oxygen atoms in total. The molecule has 0 aromatic heterocycles. The summed E-state index contributed by atoms with van der Waals surface area (Å²) in [4.78, 5) is 0. The van der Waals surface area contributed by atoms with E-state index in [0.717, 1.165) is 11.1 Å². The monoisotopic (exact) mass is 311 g/mol. The van der Waals surface area contributed by atoms with Gasteiger partial charge in [-0.15, -0.1) is 0 Å². The van der Waals surface area contributed by atoms with Gasteiger partial charge in [0.1, 0.15) is 5.82 Å². The summed E-state index contributed by atoms with van der Waals surface area (Å²) in [5, 5.41) is 4.32. The molecule has 0 fully saturated rings. The van der Waals surface area contributed by atoms with Crippen LogP contribution in [0.4, 0.5) is 4.39 Å². The Morgan fingerprint density at radius 1 is 1.20 bits per heavy atom. The minimum Gasteiger partial charge on any atom is -0.313 e. The molecule has 0 amide bonds. The molecular weight excluding hydrogens is 296 g/mol. The van der Waals surface area contributed by atoms with Gasteiger partial charge in [0.15, 0.2) is 0 Å². The fourth-order valence-electron chi connectivity index (χ4n) is 2.28. The molecule has 0 bridgehead atoms. The Morgan fingerprint density at radius 3 is 2.55 bits per heavy atom. The Morgan fingerprint density at radius 2 is 1.95 bits per heavy atom. The molecule has 2 rings (SSSR count). The van der Waals surface area contributed by atoms with E-state index < -0.39 is 0 Å². The zero-order chi connectivity index (χ0) is 14.7. The van der Waals surface area contributed by atoms with E-state index in [-0.39, 0.29) is 11.9 Å². The third-order valence-electron chi connectivity index (χ3n) is 3.29. The van der Waals surface area contributed by atoms with Gasteiger partial charge in [-0.3, -0.25) is 0 Å². The minimum absolute atomic E-state index is 0.0400. The van der Waals surface area contributed by atoms with E-state index in [4.69, 9.17) is 23.2 Å². The molecule has 20 heavy (non-hydrogen) atoms. The second-order valence-electron chi connectivity index (χ2n) is 4.81. The lowest BCUT2D eigenvalue weighted by molar-refractivity contribution is 0.554. The number of aryl methyl sites for hydroxylation is 1. The fraction of sp³-hybridized carbons (Fsp3) is 0.250. The van der Waals surface area contributed by atoms with Crippen LogP contribution in [0.25, 0.3) is 0 Å². The van der Waals surface area contributed by atoms with Crippen molar-refractivity contribution in [3.05, 3.63) is 69.0 Å². The summed E-state index contributed by atoms with van der Waals surface area (Å²) in [5.74, 6) is -0.281. The maximum atomic E-state index is 13.9. The average Bonchev–Trinajstić information content (AvgIpc) is 2.37. The lowest BCUT2D eigenvalue weighted by Crippen LogP contribution is -2.19. The molecule has 2 aromatic carbocycles. The highest BCUT2D eigenvalue weighted by Gasteiger charge is 2.16. The second kappa shape index (κ2) is 6.57. The largest absolute Gasteiger partial charge is 0.313 e. The summed E-state index contributed by atoms with van der Waals surface area (Å²) in [6.07, 6.45) is 0.474. The summed E-state index contributed by atoms with van der Waals surface area (Å²) >= 11 is 12.2. The number of benzene rings is 2. The van der Waals surface area contributed by atoms with E-state index >= 15 is 0 Å². The number of likely N-dealkylation sites (N-methyl/N-ethyl adjacent to an activating group) is 1. The molecule has 4 heteroatoms. The lowest BCUT2D eigenvalue weighted by Gasteiger charge is -2.19. The Hall–Kier alpha value is -1.09. The highest BCUT2D eigenvalue weighted by atomic mass is 35.5. The predicted molar refractivity (Wildman–Crippen MR) is 83.1 cm³/mol. The van der Waals surface area contributed by atoms with Crippen LogP contribution in [0.2, 0.25) is 10.0 Å². The molecule has 1 atom stereocenters. The Balaban J connectivity index is 2.33. The molecule has 0 spiro atoms. The van der Waals surface area contributed by atoms with Gasteiger partial charge in [0.05, 0.1) is 0 Å². The molecule has 0 aliphatic rings. The van der Waals surface area contributed by atoms with Crippen LogP contribution in [0.15, 0.2) is 36.4 Å². The SMILES string of the molecule is CNC(Cc1c(F)cccc1Cl)c1cc(C)cc(Cl)c1. The number of hydrogen-bond acceptors (Lipinski definition) is 1. The molecular formula is C16H16Cl2FN. The smallest absolute Gasteiger partial charge is 0.127 e. The first-order valence-electron chi connectivity index (χ1n) is 6.38. The van der Waals surface area contributed by atoms with Crippen LogP contribution in [-0.4, -0.2) is 7.05 Å². The second-order valence-corrected chi connectivity index (χ2v) is 5.65. The van der Waals surface area contributed by atoms with Gasteiger partial charge in [0.2, 0.25) is 0 Å². The quantitative estimate of drug-likeness (QED) is 0.843. The van der Waals surface area contributed by atoms with Gasteiger partial charge in [-0.25, -0.2) is 4.39 Å². The van der Waals surface area contributed by atoms with Crippen LogP contribution in [-0.2, 0) is 6.42 Å². The third kappa shape index (κ3) is 3.51. The van der Waals surface area contributed by atoms with Crippen LogP contribution < -0.4 is 5.32 Å². The van der Waals surface area contributed by atoms with Crippen LogP contribution >= 0.6 is 23.2 Å². The summed E-state index contributed by atoms with van der Waals surface area (Å²) in [6, 6.07) is 10.5. The molecule has 1 unspecified atom stereocenters. The van der Waals surface area contributed by atoms with Gasteiger partial charge in [-0.2, -0.15) is 0 Å². The summed E-state index contributed by atoms with van der Waals surface area (Å²) in [5.41, 5.74) is 2.62. The van der Waals surface area contributed by atoms with Crippen molar-refractivity contribution in [2.45, 2.75) is 19.4 Å². The van der Waals surface area contributed by atoms with Crippen molar-refractivity contribution in [1.82, 2.24) is 5.32 Å². The van der Waals surface area contributed by atoms with Crippen molar-refractivity contribution >= 4 is 23.2 Å². The topological polar surface area (TPSA) is 12.0 Å². The highest BCUT2D eigenvalue weighted by Crippen LogP contribution is 2.27. The van der Waals surface area contributed by atoms with Gasteiger partial charge < -0.3 is 5.32 Å².